The molecule has 0 aliphatic heterocycles. The quantitative estimate of drug-likeness (QED) is 0.408. The minimum Gasteiger partial charge on any atom is -0.457 e. The van der Waals surface area contributed by atoms with Crippen LogP contribution < -0.4 is 15.2 Å². The molecule has 0 bridgehead atoms. The van der Waals surface area contributed by atoms with E-state index in [2.05, 4.69) is 24.9 Å². The number of nitrogens with one attached hydrogen (secondary N) is 1. The van der Waals surface area contributed by atoms with Gasteiger partial charge >= 0.3 is 0 Å². The fourth-order valence-corrected chi connectivity index (χ4v) is 3.95. The molecule has 2 aromatic carbocycles. The van der Waals surface area contributed by atoms with E-state index in [9.17, 15) is 9.59 Å². The zero-order chi connectivity index (χ0) is 23.7. The number of ether oxygens (including phenoxy) is 1. The van der Waals surface area contributed by atoms with Crippen molar-refractivity contribution in [2.45, 2.75) is 33.1 Å². The molecular weight excluding hydrogens is 414 g/mol. The summed E-state index contributed by atoms with van der Waals surface area (Å²) in [6.07, 6.45) is 3.99. The average molecular weight is 444 g/mol. The van der Waals surface area contributed by atoms with Crippen LogP contribution in [0.3, 0.4) is 0 Å². The Bertz CT molecular complexity index is 1380. The molecule has 4 aromatic rings. The van der Waals surface area contributed by atoms with Crippen LogP contribution in [0, 0.1) is 0 Å². The molecule has 2 aromatic heterocycles. The van der Waals surface area contributed by atoms with E-state index in [1.54, 1.807) is 29.8 Å². The number of aromatic amines is 1. The summed E-state index contributed by atoms with van der Waals surface area (Å²) in [5.41, 5.74) is 4.04. The Morgan fingerprint density at radius 3 is 2.64 bits per heavy atom. The second-order valence-electron chi connectivity index (χ2n) is 8.54. The van der Waals surface area contributed by atoms with Crippen molar-refractivity contribution in [2.75, 3.05) is 11.9 Å². The Balaban J connectivity index is 1.91. The summed E-state index contributed by atoms with van der Waals surface area (Å²) in [5.74, 6) is 1.79. The van der Waals surface area contributed by atoms with Crippen molar-refractivity contribution in [3.05, 3.63) is 76.8 Å². The summed E-state index contributed by atoms with van der Waals surface area (Å²) in [6.45, 7) is 6.13. The fourth-order valence-electron chi connectivity index (χ4n) is 3.95. The molecule has 6 nitrogen and oxygen atoms in total. The monoisotopic (exact) mass is 443 g/mol. The summed E-state index contributed by atoms with van der Waals surface area (Å²) in [4.78, 5) is 29.6. The molecule has 0 saturated carbocycles. The van der Waals surface area contributed by atoms with Gasteiger partial charge in [0.05, 0.1) is 0 Å². The summed E-state index contributed by atoms with van der Waals surface area (Å²) >= 11 is 0. The van der Waals surface area contributed by atoms with Gasteiger partial charge in [-0.1, -0.05) is 32.9 Å². The number of rotatable bonds is 6. The number of anilines is 1. The molecule has 170 valence electrons. The molecule has 2 heterocycles. The largest absolute Gasteiger partial charge is 0.457 e. The minimum absolute atomic E-state index is 0.0199. The molecular formula is C27H29N3O3. The number of carbonyl (C=O) groups is 1. The highest BCUT2D eigenvalue weighted by atomic mass is 16.5. The third kappa shape index (κ3) is 4.29. The van der Waals surface area contributed by atoms with Crippen LogP contribution in [0.25, 0.3) is 22.0 Å². The third-order valence-electron chi connectivity index (χ3n) is 5.96. The van der Waals surface area contributed by atoms with Gasteiger partial charge in [-0.25, -0.2) is 0 Å². The van der Waals surface area contributed by atoms with Crippen LogP contribution in [0.2, 0.25) is 0 Å². The van der Waals surface area contributed by atoms with Crippen molar-refractivity contribution in [2.24, 2.45) is 7.05 Å². The lowest BCUT2D eigenvalue weighted by atomic mass is 10.0. The molecule has 0 aliphatic carbocycles. The number of pyridine rings is 1. The number of hydrogen-bond acceptors (Lipinski definition) is 3. The van der Waals surface area contributed by atoms with Gasteiger partial charge in [-0.2, -0.15) is 0 Å². The van der Waals surface area contributed by atoms with Crippen molar-refractivity contribution in [1.82, 2.24) is 9.55 Å². The second-order valence-corrected chi connectivity index (χ2v) is 8.54. The molecule has 0 radical (unpaired) electrons. The first-order chi connectivity index (χ1) is 15.8. The van der Waals surface area contributed by atoms with Crippen molar-refractivity contribution in [3.63, 3.8) is 0 Å². The van der Waals surface area contributed by atoms with Crippen LogP contribution in [0.5, 0.6) is 11.5 Å². The smallest absolute Gasteiger partial charge is 0.274 e. The van der Waals surface area contributed by atoms with Gasteiger partial charge in [0.25, 0.3) is 5.56 Å². The lowest BCUT2D eigenvalue weighted by Gasteiger charge is -2.20. The maximum atomic E-state index is 12.6. The number of aromatic nitrogens is 2. The first-order valence-corrected chi connectivity index (χ1v) is 11.2. The van der Waals surface area contributed by atoms with Crippen LogP contribution in [-0.4, -0.2) is 22.5 Å². The van der Waals surface area contributed by atoms with Gasteiger partial charge in [0, 0.05) is 55.1 Å². The summed E-state index contributed by atoms with van der Waals surface area (Å²) in [5, 5.41) is 0.806. The Hall–Kier alpha value is -3.80. The summed E-state index contributed by atoms with van der Waals surface area (Å²) in [6, 6.07) is 15.7. The van der Waals surface area contributed by atoms with Crippen molar-refractivity contribution in [1.29, 1.82) is 0 Å². The van der Waals surface area contributed by atoms with Gasteiger partial charge in [-0.3, -0.25) is 9.59 Å². The number of hydrogen-bond donors (Lipinski definition) is 1. The van der Waals surface area contributed by atoms with Gasteiger partial charge in [-0.15, -0.1) is 0 Å². The summed E-state index contributed by atoms with van der Waals surface area (Å²) < 4.78 is 7.93. The van der Waals surface area contributed by atoms with E-state index in [0.717, 1.165) is 28.0 Å². The molecule has 0 unspecified atom stereocenters. The van der Waals surface area contributed by atoms with Crippen molar-refractivity contribution < 1.29 is 9.53 Å². The van der Waals surface area contributed by atoms with E-state index < -0.39 is 0 Å². The predicted octanol–water partition coefficient (Wildman–Crippen LogP) is 5.82. The molecule has 4 rings (SSSR count). The predicted molar refractivity (Wildman–Crippen MR) is 133 cm³/mol. The van der Waals surface area contributed by atoms with Gasteiger partial charge in [-0.05, 0) is 47.9 Å². The fraction of sp³-hybridized carbons (Fsp3) is 0.259. The number of aryl methyl sites for hydroxylation is 1. The standard InChI is InChI=1S/C27H29N3O3/c1-6-25(31)30(5)19-10-11-24(33-20-9-7-8-18(14-20)17(2)3)22(15-19)23-16-29(4)27(32)26-21(23)12-13-28-26/h7-17,28H,6H2,1-5H3. The number of carbonyl (C=O) groups excluding carboxylic acids is 1. The normalized spacial score (nSPS) is 11.2. The Morgan fingerprint density at radius 1 is 1.12 bits per heavy atom. The van der Waals surface area contributed by atoms with Gasteiger partial charge < -0.3 is 19.2 Å². The molecule has 33 heavy (non-hydrogen) atoms. The van der Waals surface area contributed by atoms with Gasteiger partial charge in [0.15, 0.2) is 0 Å². The second kappa shape index (κ2) is 8.98. The van der Waals surface area contributed by atoms with Crippen molar-refractivity contribution in [3.8, 4) is 22.6 Å². The number of H-pyrrole nitrogens is 1. The molecule has 0 spiro atoms. The van der Waals surface area contributed by atoms with E-state index in [1.807, 2.05) is 55.6 Å². The zero-order valence-corrected chi connectivity index (χ0v) is 19.7. The lowest BCUT2D eigenvalue weighted by Crippen LogP contribution is -2.25. The van der Waals surface area contributed by atoms with Crippen LogP contribution >= 0.6 is 0 Å². The zero-order valence-electron chi connectivity index (χ0n) is 19.7. The lowest BCUT2D eigenvalue weighted by molar-refractivity contribution is -0.118. The molecule has 1 N–H and O–H groups in total. The highest BCUT2D eigenvalue weighted by molar-refractivity contribution is 5.98. The Labute approximate surface area is 193 Å². The van der Waals surface area contributed by atoms with E-state index in [0.29, 0.717) is 23.6 Å². The molecule has 0 fully saturated rings. The van der Waals surface area contributed by atoms with E-state index in [-0.39, 0.29) is 11.5 Å². The molecule has 1 amide bonds. The van der Waals surface area contributed by atoms with Crippen LogP contribution in [0.4, 0.5) is 5.69 Å². The first-order valence-electron chi connectivity index (χ1n) is 11.2. The Kier molecular flexibility index (Phi) is 6.09. The van der Waals surface area contributed by atoms with E-state index in [1.165, 1.54) is 5.56 Å². The maximum Gasteiger partial charge on any atom is 0.274 e. The average Bonchev–Trinajstić information content (AvgIpc) is 3.31. The van der Waals surface area contributed by atoms with Crippen LogP contribution in [0.15, 0.2) is 65.7 Å². The van der Waals surface area contributed by atoms with E-state index in [4.69, 9.17) is 4.74 Å². The number of fused-ring (bicyclic) bond motifs is 1. The van der Waals surface area contributed by atoms with Crippen LogP contribution in [0.1, 0.15) is 38.7 Å². The van der Waals surface area contributed by atoms with Gasteiger partial charge in [0.2, 0.25) is 5.91 Å². The Morgan fingerprint density at radius 2 is 1.91 bits per heavy atom. The highest BCUT2D eigenvalue weighted by Gasteiger charge is 2.18. The minimum atomic E-state index is -0.0970. The molecule has 0 aliphatic rings. The summed E-state index contributed by atoms with van der Waals surface area (Å²) in [7, 11) is 3.50. The molecule has 0 atom stereocenters. The third-order valence-corrected chi connectivity index (χ3v) is 5.96. The van der Waals surface area contributed by atoms with Gasteiger partial charge in [0.1, 0.15) is 17.0 Å². The molecule has 0 saturated heterocycles. The highest BCUT2D eigenvalue weighted by Crippen LogP contribution is 2.39. The number of benzene rings is 2. The number of amides is 1. The van der Waals surface area contributed by atoms with E-state index >= 15 is 0 Å². The first kappa shape index (κ1) is 22.4. The number of nitrogens with zero attached hydrogens (tertiary/aromatic N) is 2. The SMILES string of the molecule is CCC(=O)N(C)c1ccc(Oc2cccc(C(C)C)c2)c(-c2cn(C)c(=O)c3[nH]ccc23)c1. The maximum absolute atomic E-state index is 12.6. The topological polar surface area (TPSA) is 67.3 Å². The van der Waals surface area contributed by atoms with Crippen LogP contribution in [-0.2, 0) is 11.8 Å². The molecule has 6 heteroatoms. The van der Waals surface area contributed by atoms with Crippen molar-refractivity contribution >= 4 is 22.5 Å².